The zero-order valence-corrected chi connectivity index (χ0v) is 16.4. The summed E-state index contributed by atoms with van der Waals surface area (Å²) in [6.07, 6.45) is 3.28. The Hall–Kier alpha value is -1.46. The molecule has 26 heavy (non-hydrogen) atoms. The minimum absolute atomic E-state index is 0.00396. The fraction of sp³-hybridized carbons (Fsp3) is 0.733. The Labute approximate surface area is 162 Å². The van der Waals surface area contributed by atoms with E-state index in [4.69, 9.17) is 5.73 Å². The molecule has 3 unspecified atom stereocenters. The zero-order chi connectivity index (χ0) is 19.7. The molecule has 1 saturated heterocycles. The summed E-state index contributed by atoms with van der Waals surface area (Å²) in [5.41, 5.74) is 5.36. The van der Waals surface area contributed by atoms with Crippen LogP contribution in [-0.2, 0) is 19.2 Å². The van der Waals surface area contributed by atoms with Crippen LogP contribution < -0.4 is 16.4 Å². The van der Waals surface area contributed by atoms with Crippen molar-refractivity contribution >= 4 is 48.1 Å². The normalized spacial score (nSPS) is 18.9. The lowest BCUT2D eigenvalue weighted by atomic mass is 10.1. The summed E-state index contributed by atoms with van der Waals surface area (Å²) in [6.45, 7) is 0.262. The number of carboxylic acid groups (broad SMARTS) is 1. The first-order valence-corrected chi connectivity index (χ1v) is 10.3. The molecule has 3 atom stereocenters. The van der Waals surface area contributed by atoms with E-state index in [0.717, 1.165) is 0 Å². The molecule has 0 aromatic carbocycles. The van der Waals surface area contributed by atoms with E-state index in [0.29, 0.717) is 25.1 Å². The van der Waals surface area contributed by atoms with Crippen molar-refractivity contribution in [3.63, 3.8) is 0 Å². The molecule has 5 N–H and O–H groups in total. The van der Waals surface area contributed by atoms with Gasteiger partial charge in [0.25, 0.3) is 0 Å². The summed E-state index contributed by atoms with van der Waals surface area (Å²) in [7, 11) is 0. The smallest absolute Gasteiger partial charge is 0.326 e. The first kappa shape index (κ1) is 22.6. The van der Waals surface area contributed by atoms with Gasteiger partial charge in [0.1, 0.15) is 18.1 Å². The number of carbonyl (C=O) groups is 4. The molecule has 1 heterocycles. The molecular formula is C15H26N4O5S2. The van der Waals surface area contributed by atoms with Gasteiger partial charge in [0.15, 0.2) is 0 Å². The zero-order valence-electron chi connectivity index (χ0n) is 14.6. The van der Waals surface area contributed by atoms with Gasteiger partial charge in [-0.2, -0.15) is 24.4 Å². The molecule has 0 saturated carbocycles. The van der Waals surface area contributed by atoms with Crippen LogP contribution in [-0.4, -0.2) is 82.7 Å². The highest BCUT2D eigenvalue weighted by Crippen LogP contribution is 2.17. The number of rotatable bonds is 10. The summed E-state index contributed by atoms with van der Waals surface area (Å²) in [4.78, 5) is 49.2. The minimum atomic E-state index is -1.13. The van der Waals surface area contributed by atoms with Crippen molar-refractivity contribution in [2.75, 3.05) is 30.9 Å². The number of aliphatic carboxylic acids is 1. The number of hydrogen-bond donors (Lipinski definition) is 5. The van der Waals surface area contributed by atoms with Gasteiger partial charge >= 0.3 is 5.97 Å². The number of carboxylic acids is 1. The molecular weight excluding hydrogens is 380 g/mol. The van der Waals surface area contributed by atoms with Gasteiger partial charge in [0.2, 0.25) is 17.7 Å². The number of nitrogens with zero attached hydrogens (tertiary/aromatic N) is 1. The third-order valence-electron chi connectivity index (χ3n) is 4.09. The van der Waals surface area contributed by atoms with E-state index in [1.165, 1.54) is 16.7 Å². The van der Waals surface area contributed by atoms with Gasteiger partial charge in [0, 0.05) is 12.3 Å². The number of carbonyl (C=O) groups excluding carboxylic acids is 3. The van der Waals surface area contributed by atoms with Gasteiger partial charge in [-0.05, 0) is 31.3 Å². The van der Waals surface area contributed by atoms with E-state index < -0.39 is 35.9 Å². The number of nitrogens with two attached hydrogens (primary N) is 1. The highest BCUT2D eigenvalue weighted by Gasteiger charge is 2.35. The third kappa shape index (κ3) is 6.36. The van der Waals surface area contributed by atoms with Gasteiger partial charge in [-0.1, -0.05) is 0 Å². The summed E-state index contributed by atoms with van der Waals surface area (Å²) < 4.78 is 0. The molecule has 148 valence electrons. The molecule has 0 aliphatic carbocycles. The molecule has 1 aliphatic heterocycles. The molecule has 1 rings (SSSR count). The Bertz CT molecular complexity index is 534. The van der Waals surface area contributed by atoms with E-state index in [1.807, 2.05) is 6.26 Å². The molecule has 0 bridgehead atoms. The number of likely N-dealkylation sites (tertiary alicyclic amines) is 1. The van der Waals surface area contributed by atoms with Crippen molar-refractivity contribution in [1.29, 1.82) is 0 Å². The van der Waals surface area contributed by atoms with Crippen LogP contribution in [0.1, 0.15) is 19.3 Å². The van der Waals surface area contributed by atoms with Crippen LogP contribution in [0.15, 0.2) is 0 Å². The predicted molar refractivity (Wildman–Crippen MR) is 102 cm³/mol. The van der Waals surface area contributed by atoms with Crippen LogP contribution in [0, 0.1) is 0 Å². The van der Waals surface area contributed by atoms with Crippen molar-refractivity contribution in [1.82, 2.24) is 15.5 Å². The fourth-order valence-electron chi connectivity index (χ4n) is 2.68. The summed E-state index contributed by atoms with van der Waals surface area (Å²) in [5.74, 6) is -1.95. The molecule has 0 radical (unpaired) electrons. The highest BCUT2D eigenvalue weighted by atomic mass is 32.2. The van der Waals surface area contributed by atoms with E-state index >= 15 is 0 Å². The van der Waals surface area contributed by atoms with Gasteiger partial charge in [-0.3, -0.25) is 14.4 Å². The second kappa shape index (κ2) is 11.3. The molecule has 1 aliphatic rings. The average molecular weight is 407 g/mol. The number of hydrogen-bond acceptors (Lipinski definition) is 7. The largest absolute Gasteiger partial charge is 0.480 e. The van der Waals surface area contributed by atoms with Crippen molar-refractivity contribution in [2.24, 2.45) is 5.73 Å². The van der Waals surface area contributed by atoms with Gasteiger partial charge in [-0.15, -0.1) is 0 Å². The number of thiol groups is 1. The number of thioether (sulfide) groups is 1. The van der Waals surface area contributed by atoms with E-state index in [-0.39, 0.29) is 24.6 Å². The molecule has 0 spiro atoms. The summed E-state index contributed by atoms with van der Waals surface area (Å²) >= 11 is 5.54. The third-order valence-corrected chi connectivity index (χ3v) is 5.10. The van der Waals surface area contributed by atoms with Crippen LogP contribution in [0.25, 0.3) is 0 Å². The fourth-order valence-corrected chi connectivity index (χ4v) is 3.41. The lowest BCUT2D eigenvalue weighted by Gasteiger charge is -2.26. The van der Waals surface area contributed by atoms with Crippen molar-refractivity contribution < 1.29 is 24.3 Å². The second-order valence-corrected chi connectivity index (χ2v) is 7.22. The van der Waals surface area contributed by atoms with Crippen LogP contribution in [0.2, 0.25) is 0 Å². The highest BCUT2D eigenvalue weighted by molar-refractivity contribution is 7.98. The quantitative estimate of drug-likeness (QED) is 0.283. The first-order chi connectivity index (χ1) is 12.3. The Balaban J connectivity index is 2.69. The van der Waals surface area contributed by atoms with Gasteiger partial charge in [-0.25, -0.2) is 4.79 Å². The maximum absolute atomic E-state index is 12.5. The van der Waals surface area contributed by atoms with Crippen molar-refractivity contribution in [3.8, 4) is 0 Å². The summed E-state index contributed by atoms with van der Waals surface area (Å²) in [6, 6.07) is -2.69. The Morgan fingerprint density at radius 1 is 1.31 bits per heavy atom. The predicted octanol–water partition coefficient (Wildman–Crippen LogP) is -1.33. The lowest BCUT2D eigenvalue weighted by molar-refractivity contribution is -0.142. The molecule has 9 nitrogen and oxygen atoms in total. The Morgan fingerprint density at radius 2 is 2.00 bits per heavy atom. The molecule has 3 amide bonds. The van der Waals surface area contributed by atoms with E-state index in [2.05, 4.69) is 23.3 Å². The number of amides is 3. The van der Waals surface area contributed by atoms with Crippen LogP contribution in [0.4, 0.5) is 0 Å². The Kier molecular flexibility index (Phi) is 9.81. The van der Waals surface area contributed by atoms with Crippen LogP contribution in [0.3, 0.4) is 0 Å². The molecule has 11 heteroatoms. The lowest BCUT2D eigenvalue weighted by Crippen LogP contribution is -2.56. The maximum atomic E-state index is 12.5. The van der Waals surface area contributed by atoms with Crippen molar-refractivity contribution in [2.45, 2.75) is 37.4 Å². The SMILES string of the molecule is CSCCC(NC(=O)C(CS)NC(=O)C1CCCN1C(=O)CN)C(=O)O. The van der Waals surface area contributed by atoms with E-state index in [1.54, 1.807) is 0 Å². The average Bonchev–Trinajstić information content (AvgIpc) is 3.11. The van der Waals surface area contributed by atoms with E-state index in [9.17, 15) is 24.3 Å². The topological polar surface area (TPSA) is 142 Å². The van der Waals surface area contributed by atoms with Crippen molar-refractivity contribution in [3.05, 3.63) is 0 Å². The molecule has 1 fully saturated rings. The summed E-state index contributed by atoms with van der Waals surface area (Å²) in [5, 5.41) is 14.2. The minimum Gasteiger partial charge on any atom is -0.480 e. The molecule has 0 aromatic heterocycles. The van der Waals surface area contributed by atoms with Crippen LogP contribution in [0.5, 0.6) is 0 Å². The standard InChI is InChI=1S/C15H26N4O5S2/c1-26-6-4-9(15(23)24)17-13(21)10(8-25)18-14(22)11-3-2-5-19(11)12(20)7-16/h9-11,25H,2-8,16H2,1H3,(H,17,21)(H,18,22)(H,23,24). The van der Waals surface area contributed by atoms with Gasteiger partial charge in [0.05, 0.1) is 6.54 Å². The second-order valence-electron chi connectivity index (χ2n) is 5.87. The molecule has 0 aromatic rings. The monoisotopic (exact) mass is 406 g/mol. The maximum Gasteiger partial charge on any atom is 0.326 e. The van der Waals surface area contributed by atoms with Crippen LogP contribution >= 0.6 is 24.4 Å². The Morgan fingerprint density at radius 3 is 2.54 bits per heavy atom. The number of nitrogens with one attached hydrogen (secondary N) is 2. The first-order valence-electron chi connectivity index (χ1n) is 8.28. The van der Waals surface area contributed by atoms with Gasteiger partial charge < -0.3 is 26.4 Å².